The molecule has 0 amide bonds. The predicted molar refractivity (Wildman–Crippen MR) is 63.7 cm³/mol. The van der Waals surface area contributed by atoms with Crippen LogP contribution < -0.4 is 0 Å². The standard InChI is InChI=1S/C14H9N2/c15-10-12-6-8-14(9-7-12)16-11-13-4-2-1-3-5-13/h2-9,11H/b16-11+. The summed E-state index contributed by atoms with van der Waals surface area (Å²) in [4.78, 5) is 4.30. The van der Waals surface area contributed by atoms with Crippen LogP contribution in [0.5, 0.6) is 0 Å². The first kappa shape index (κ1) is 10.1. The van der Waals surface area contributed by atoms with Crippen LogP contribution in [0.25, 0.3) is 0 Å². The molecule has 2 heteroatoms. The summed E-state index contributed by atoms with van der Waals surface area (Å²) < 4.78 is 0. The Morgan fingerprint density at radius 3 is 2.38 bits per heavy atom. The molecule has 0 N–H and O–H groups in total. The van der Waals surface area contributed by atoms with Crippen molar-refractivity contribution in [3.05, 3.63) is 65.7 Å². The molecule has 0 fully saturated rings. The third-order valence-electron chi connectivity index (χ3n) is 2.10. The molecule has 0 heterocycles. The van der Waals surface area contributed by atoms with E-state index in [0.717, 1.165) is 11.3 Å². The van der Waals surface area contributed by atoms with Gasteiger partial charge in [0.2, 0.25) is 0 Å². The minimum Gasteiger partial charge on any atom is -0.256 e. The topological polar surface area (TPSA) is 36.1 Å². The Balaban J connectivity index is 2.15. The number of hydrogen-bond acceptors (Lipinski definition) is 2. The number of hydrogen-bond donors (Lipinski definition) is 0. The molecule has 16 heavy (non-hydrogen) atoms. The molecule has 1 radical (unpaired) electrons. The average molecular weight is 205 g/mol. The quantitative estimate of drug-likeness (QED) is 0.694. The van der Waals surface area contributed by atoms with Crippen molar-refractivity contribution in [2.24, 2.45) is 4.99 Å². The van der Waals surface area contributed by atoms with Crippen molar-refractivity contribution in [1.82, 2.24) is 0 Å². The molecule has 2 rings (SSSR count). The fourth-order valence-corrected chi connectivity index (χ4v) is 1.26. The molecule has 2 aromatic rings. The van der Waals surface area contributed by atoms with Gasteiger partial charge in [0.15, 0.2) is 0 Å². The number of rotatable bonds is 2. The first-order valence-corrected chi connectivity index (χ1v) is 4.89. The first-order chi connectivity index (χ1) is 7.88. The maximum absolute atomic E-state index is 8.64. The van der Waals surface area contributed by atoms with Crippen LogP contribution >= 0.6 is 0 Å². The summed E-state index contributed by atoms with van der Waals surface area (Å²) in [6.45, 7) is 0. The van der Waals surface area contributed by atoms with Crippen molar-refractivity contribution in [3.63, 3.8) is 0 Å². The van der Waals surface area contributed by atoms with Crippen molar-refractivity contribution >= 4 is 11.9 Å². The molecule has 0 bridgehead atoms. The van der Waals surface area contributed by atoms with Crippen LogP contribution in [0.3, 0.4) is 0 Å². The monoisotopic (exact) mass is 205 g/mol. The minimum absolute atomic E-state index is 0.647. The second-order valence-electron chi connectivity index (χ2n) is 3.25. The van der Waals surface area contributed by atoms with Crippen LogP contribution in [-0.2, 0) is 0 Å². The van der Waals surface area contributed by atoms with Gasteiger partial charge >= 0.3 is 0 Å². The molecule has 0 aliphatic carbocycles. The number of aliphatic imine (C=N–C) groups is 1. The SMILES string of the molecule is N#Cc1ccc(/N=C/c2cc[c]cc2)cc1. The largest absolute Gasteiger partial charge is 0.256 e. The van der Waals surface area contributed by atoms with E-state index in [4.69, 9.17) is 5.26 Å². The zero-order chi connectivity index (χ0) is 11.2. The summed E-state index contributed by atoms with van der Waals surface area (Å²) in [7, 11) is 0. The van der Waals surface area contributed by atoms with Gasteiger partial charge in [-0.05, 0) is 35.9 Å². The summed E-state index contributed by atoms with van der Waals surface area (Å²) in [5.74, 6) is 0. The normalized spacial score (nSPS) is 10.2. The van der Waals surface area contributed by atoms with Crippen molar-refractivity contribution < 1.29 is 0 Å². The number of benzene rings is 2. The Labute approximate surface area is 94.5 Å². The van der Waals surface area contributed by atoms with E-state index in [9.17, 15) is 0 Å². The van der Waals surface area contributed by atoms with Gasteiger partial charge in [-0.3, -0.25) is 4.99 Å². The van der Waals surface area contributed by atoms with Gasteiger partial charge in [0.1, 0.15) is 0 Å². The van der Waals surface area contributed by atoms with Crippen molar-refractivity contribution in [2.45, 2.75) is 0 Å². The Bertz CT molecular complexity index is 519. The molecule has 75 valence electrons. The van der Waals surface area contributed by atoms with E-state index in [1.165, 1.54) is 0 Å². The minimum atomic E-state index is 0.647. The highest BCUT2D eigenvalue weighted by atomic mass is 14.7. The van der Waals surface area contributed by atoms with E-state index in [2.05, 4.69) is 17.1 Å². The van der Waals surface area contributed by atoms with Gasteiger partial charge < -0.3 is 0 Å². The molecule has 0 unspecified atom stereocenters. The zero-order valence-electron chi connectivity index (χ0n) is 8.59. The zero-order valence-corrected chi connectivity index (χ0v) is 8.59. The van der Waals surface area contributed by atoms with Crippen LogP contribution in [0.4, 0.5) is 5.69 Å². The predicted octanol–water partition coefficient (Wildman–Crippen LogP) is 3.11. The molecular weight excluding hydrogens is 196 g/mol. The maximum atomic E-state index is 8.64. The second kappa shape index (κ2) is 4.90. The molecule has 0 saturated carbocycles. The summed E-state index contributed by atoms with van der Waals surface area (Å²) in [6, 6.07) is 19.7. The highest BCUT2D eigenvalue weighted by Gasteiger charge is 1.90. The van der Waals surface area contributed by atoms with E-state index in [-0.39, 0.29) is 0 Å². The Kier molecular flexibility index (Phi) is 3.10. The fraction of sp³-hybridized carbons (Fsp3) is 0. The van der Waals surface area contributed by atoms with Gasteiger partial charge in [0, 0.05) is 6.21 Å². The average Bonchev–Trinajstić information content (AvgIpc) is 2.38. The third kappa shape index (κ3) is 2.55. The summed E-state index contributed by atoms with van der Waals surface area (Å²) >= 11 is 0. The highest BCUT2D eigenvalue weighted by Crippen LogP contribution is 2.12. The molecule has 0 spiro atoms. The van der Waals surface area contributed by atoms with Crippen LogP contribution in [0.2, 0.25) is 0 Å². The Morgan fingerprint density at radius 1 is 1.06 bits per heavy atom. The first-order valence-electron chi connectivity index (χ1n) is 4.89. The lowest BCUT2D eigenvalue weighted by atomic mass is 10.2. The van der Waals surface area contributed by atoms with E-state index < -0.39 is 0 Å². The van der Waals surface area contributed by atoms with Gasteiger partial charge in [-0.1, -0.05) is 24.3 Å². The van der Waals surface area contributed by atoms with E-state index in [1.54, 1.807) is 18.3 Å². The van der Waals surface area contributed by atoms with Crippen LogP contribution in [0, 0.1) is 17.4 Å². The van der Waals surface area contributed by atoms with Gasteiger partial charge in [-0.15, -0.1) is 0 Å². The lowest BCUT2D eigenvalue weighted by molar-refractivity contribution is 1.46. The van der Waals surface area contributed by atoms with Gasteiger partial charge in [0.05, 0.1) is 17.3 Å². The lowest BCUT2D eigenvalue weighted by Crippen LogP contribution is -1.78. The summed E-state index contributed by atoms with van der Waals surface area (Å²) in [6.07, 6.45) is 1.79. The molecule has 2 nitrogen and oxygen atoms in total. The summed E-state index contributed by atoms with van der Waals surface area (Å²) in [5, 5.41) is 8.64. The van der Waals surface area contributed by atoms with Gasteiger partial charge in [0.25, 0.3) is 0 Å². The fourth-order valence-electron chi connectivity index (χ4n) is 1.26. The number of nitrogens with zero attached hydrogens (tertiary/aromatic N) is 2. The summed E-state index contributed by atoms with van der Waals surface area (Å²) in [5.41, 5.74) is 2.52. The third-order valence-corrected chi connectivity index (χ3v) is 2.10. The molecule has 0 aliphatic rings. The number of nitriles is 1. The molecular formula is C14H9N2. The van der Waals surface area contributed by atoms with E-state index in [1.807, 2.05) is 36.4 Å². The molecule has 0 saturated heterocycles. The molecule has 0 atom stereocenters. The molecule has 2 aromatic carbocycles. The van der Waals surface area contributed by atoms with E-state index in [0.29, 0.717) is 5.56 Å². The van der Waals surface area contributed by atoms with Crippen LogP contribution in [-0.4, -0.2) is 6.21 Å². The van der Waals surface area contributed by atoms with Crippen molar-refractivity contribution in [3.8, 4) is 6.07 Å². The van der Waals surface area contributed by atoms with Gasteiger partial charge in [-0.25, -0.2) is 0 Å². The lowest BCUT2D eigenvalue weighted by Gasteiger charge is -1.93. The second-order valence-corrected chi connectivity index (χ2v) is 3.25. The Morgan fingerprint density at radius 2 is 1.75 bits per heavy atom. The van der Waals surface area contributed by atoms with Gasteiger partial charge in [-0.2, -0.15) is 5.26 Å². The smallest absolute Gasteiger partial charge is 0.0991 e. The van der Waals surface area contributed by atoms with Crippen molar-refractivity contribution in [1.29, 1.82) is 5.26 Å². The maximum Gasteiger partial charge on any atom is 0.0991 e. The van der Waals surface area contributed by atoms with Crippen molar-refractivity contribution in [2.75, 3.05) is 0 Å². The van der Waals surface area contributed by atoms with Crippen LogP contribution in [0.15, 0.2) is 53.5 Å². The highest BCUT2D eigenvalue weighted by molar-refractivity contribution is 5.81. The van der Waals surface area contributed by atoms with E-state index >= 15 is 0 Å². The molecule has 0 aliphatic heterocycles. The molecule has 0 aromatic heterocycles. The van der Waals surface area contributed by atoms with Crippen LogP contribution in [0.1, 0.15) is 11.1 Å². The Hall–Kier alpha value is -2.40.